The van der Waals surface area contributed by atoms with Gasteiger partial charge in [0.2, 0.25) is 5.91 Å². The van der Waals surface area contributed by atoms with Gasteiger partial charge < -0.3 is 9.88 Å². The first-order valence-electron chi connectivity index (χ1n) is 7.53. The Bertz CT molecular complexity index is 811. The lowest BCUT2D eigenvalue weighted by molar-refractivity contribution is -0.121. The van der Waals surface area contributed by atoms with E-state index < -0.39 is 0 Å². The molecule has 0 unspecified atom stereocenters. The fraction of sp³-hybridized carbons (Fsp3) is 0.294. The van der Waals surface area contributed by atoms with E-state index in [-0.39, 0.29) is 11.7 Å². The molecular weight excluding hydrogens is 313 g/mol. The highest BCUT2D eigenvalue weighted by Gasteiger charge is 2.09. The summed E-state index contributed by atoms with van der Waals surface area (Å²) in [5.74, 6) is 0.612. The third-order valence-corrected chi connectivity index (χ3v) is 4.72. The van der Waals surface area contributed by atoms with Crippen molar-refractivity contribution in [2.24, 2.45) is 7.05 Å². The third-order valence-electron chi connectivity index (χ3n) is 3.78. The van der Waals surface area contributed by atoms with Crippen molar-refractivity contribution in [1.29, 1.82) is 0 Å². The first-order valence-corrected chi connectivity index (χ1v) is 8.41. The van der Waals surface area contributed by atoms with E-state index in [1.807, 2.05) is 29.1 Å². The molecule has 1 amide bonds. The smallest absolute Gasteiger partial charge is 0.220 e. The van der Waals surface area contributed by atoms with Crippen LogP contribution in [0.4, 0.5) is 4.39 Å². The fourth-order valence-corrected chi connectivity index (χ4v) is 3.24. The highest BCUT2D eigenvalue weighted by Crippen LogP contribution is 2.16. The van der Waals surface area contributed by atoms with Crippen LogP contribution in [-0.4, -0.2) is 22.0 Å². The minimum absolute atomic E-state index is 0.0446. The van der Waals surface area contributed by atoms with Crippen molar-refractivity contribution in [2.75, 3.05) is 6.54 Å². The normalized spacial score (nSPS) is 11.0. The van der Waals surface area contributed by atoms with E-state index in [1.165, 1.54) is 17.0 Å². The molecule has 0 bridgehead atoms. The highest BCUT2D eigenvalue weighted by molar-refractivity contribution is 7.09. The second kappa shape index (κ2) is 6.91. The third kappa shape index (κ3) is 3.76. The second-order valence-corrected chi connectivity index (χ2v) is 6.43. The monoisotopic (exact) mass is 331 g/mol. The summed E-state index contributed by atoms with van der Waals surface area (Å²) in [4.78, 5) is 17.6. The Hall–Kier alpha value is -2.21. The van der Waals surface area contributed by atoms with Gasteiger partial charge in [-0.3, -0.25) is 4.79 Å². The summed E-state index contributed by atoms with van der Waals surface area (Å²) in [6, 6.07) is 8.59. The molecule has 120 valence electrons. The molecule has 2 aromatic heterocycles. The van der Waals surface area contributed by atoms with Gasteiger partial charge in [0, 0.05) is 31.3 Å². The predicted octanol–water partition coefficient (Wildman–Crippen LogP) is 3.07. The van der Waals surface area contributed by atoms with E-state index in [0.717, 1.165) is 23.3 Å². The van der Waals surface area contributed by atoms with Gasteiger partial charge >= 0.3 is 0 Å². The molecule has 2 heterocycles. The largest absolute Gasteiger partial charge is 0.356 e. The Morgan fingerprint density at radius 2 is 2.22 bits per heavy atom. The molecule has 0 atom stereocenters. The van der Waals surface area contributed by atoms with E-state index in [9.17, 15) is 9.18 Å². The molecule has 4 nitrogen and oxygen atoms in total. The zero-order valence-electron chi connectivity index (χ0n) is 12.9. The number of thiophene rings is 1. The second-order valence-electron chi connectivity index (χ2n) is 5.40. The van der Waals surface area contributed by atoms with Crippen LogP contribution >= 0.6 is 11.3 Å². The quantitative estimate of drug-likeness (QED) is 0.754. The molecule has 0 saturated heterocycles. The molecular formula is C17H18FN3OS. The van der Waals surface area contributed by atoms with Gasteiger partial charge in [-0.2, -0.15) is 0 Å². The van der Waals surface area contributed by atoms with Crippen molar-refractivity contribution < 1.29 is 9.18 Å². The topological polar surface area (TPSA) is 46.9 Å². The molecule has 0 spiro atoms. The first-order chi connectivity index (χ1) is 11.1. The van der Waals surface area contributed by atoms with Crippen LogP contribution in [0.2, 0.25) is 0 Å². The maximum Gasteiger partial charge on any atom is 0.220 e. The molecule has 0 aliphatic heterocycles. The number of aryl methyl sites for hydroxylation is 2. The summed E-state index contributed by atoms with van der Waals surface area (Å²) >= 11 is 1.67. The zero-order valence-corrected chi connectivity index (χ0v) is 13.7. The zero-order chi connectivity index (χ0) is 16.2. The van der Waals surface area contributed by atoms with E-state index in [2.05, 4.69) is 10.3 Å². The lowest BCUT2D eigenvalue weighted by Crippen LogP contribution is -2.26. The van der Waals surface area contributed by atoms with Gasteiger partial charge in [-0.1, -0.05) is 6.07 Å². The molecule has 3 aromatic rings. The molecule has 0 fully saturated rings. The van der Waals surface area contributed by atoms with Gasteiger partial charge in [0.1, 0.15) is 11.6 Å². The lowest BCUT2D eigenvalue weighted by atomic mass is 10.2. The van der Waals surface area contributed by atoms with Gasteiger partial charge in [0.15, 0.2) is 0 Å². The van der Waals surface area contributed by atoms with Crippen molar-refractivity contribution in [3.8, 4) is 0 Å². The number of carbonyl (C=O) groups excluding carboxylic acids is 1. The molecule has 0 aliphatic rings. The van der Waals surface area contributed by atoms with Crippen LogP contribution in [0.25, 0.3) is 11.0 Å². The van der Waals surface area contributed by atoms with Crippen LogP contribution < -0.4 is 5.32 Å². The first kappa shape index (κ1) is 15.7. The van der Waals surface area contributed by atoms with Crippen molar-refractivity contribution in [3.63, 3.8) is 0 Å². The number of aromatic nitrogens is 2. The lowest BCUT2D eigenvalue weighted by Gasteiger charge is -2.05. The highest BCUT2D eigenvalue weighted by atomic mass is 32.1. The number of hydrogen-bond donors (Lipinski definition) is 1. The average molecular weight is 331 g/mol. The van der Waals surface area contributed by atoms with Crippen molar-refractivity contribution >= 4 is 28.3 Å². The summed E-state index contributed by atoms with van der Waals surface area (Å²) in [5, 5.41) is 4.93. The summed E-state index contributed by atoms with van der Waals surface area (Å²) in [5.41, 5.74) is 1.54. The number of nitrogens with zero attached hydrogens (tertiary/aromatic N) is 2. The number of halogens is 1. The number of hydrogen-bond acceptors (Lipinski definition) is 3. The fourth-order valence-electron chi connectivity index (χ4n) is 2.53. The molecule has 6 heteroatoms. The average Bonchev–Trinajstić information content (AvgIpc) is 3.15. The number of benzene rings is 1. The number of imidazole rings is 1. The Morgan fingerprint density at radius 1 is 1.35 bits per heavy atom. The van der Waals surface area contributed by atoms with E-state index >= 15 is 0 Å². The number of carbonyl (C=O) groups is 1. The van der Waals surface area contributed by atoms with Crippen molar-refractivity contribution in [2.45, 2.75) is 19.3 Å². The Labute approximate surface area is 138 Å². The molecule has 3 rings (SSSR count). The maximum atomic E-state index is 13.3. The van der Waals surface area contributed by atoms with Crippen LogP contribution in [0.1, 0.15) is 17.1 Å². The van der Waals surface area contributed by atoms with Crippen molar-refractivity contribution in [1.82, 2.24) is 14.9 Å². The SMILES string of the molecule is Cn1c(CCNC(=O)CCc2cccs2)nc2ccc(F)cc21. The van der Waals surface area contributed by atoms with Crippen LogP contribution in [0.15, 0.2) is 35.7 Å². The standard InChI is InChI=1S/C17H18FN3OS/c1-21-15-11-12(18)4-6-14(15)20-16(21)8-9-19-17(22)7-5-13-3-2-10-23-13/h2-4,6,10-11H,5,7-9H2,1H3,(H,19,22). The van der Waals surface area contributed by atoms with Gasteiger partial charge in [-0.15, -0.1) is 11.3 Å². The Morgan fingerprint density at radius 3 is 3.00 bits per heavy atom. The molecule has 23 heavy (non-hydrogen) atoms. The van der Waals surface area contributed by atoms with Gasteiger partial charge in [-0.05, 0) is 36.1 Å². The molecule has 0 saturated carbocycles. The van der Waals surface area contributed by atoms with E-state index in [0.29, 0.717) is 19.4 Å². The van der Waals surface area contributed by atoms with Crippen LogP contribution in [-0.2, 0) is 24.7 Å². The summed E-state index contributed by atoms with van der Waals surface area (Å²) in [7, 11) is 1.86. The van der Waals surface area contributed by atoms with Gasteiger partial charge in [-0.25, -0.2) is 9.37 Å². The van der Waals surface area contributed by atoms with E-state index in [1.54, 1.807) is 17.4 Å². The number of rotatable bonds is 6. The van der Waals surface area contributed by atoms with Gasteiger partial charge in [0.25, 0.3) is 0 Å². The minimum atomic E-state index is -0.270. The van der Waals surface area contributed by atoms with Crippen LogP contribution in [0.3, 0.4) is 0 Å². The minimum Gasteiger partial charge on any atom is -0.356 e. The van der Waals surface area contributed by atoms with E-state index in [4.69, 9.17) is 0 Å². The van der Waals surface area contributed by atoms with Crippen LogP contribution in [0.5, 0.6) is 0 Å². The molecule has 1 N–H and O–H groups in total. The van der Waals surface area contributed by atoms with Crippen molar-refractivity contribution in [3.05, 3.63) is 52.2 Å². The number of nitrogens with one attached hydrogen (secondary N) is 1. The molecule has 0 aliphatic carbocycles. The maximum absolute atomic E-state index is 13.3. The molecule has 0 radical (unpaired) electrons. The molecule has 1 aromatic carbocycles. The Balaban J connectivity index is 1.52. The Kier molecular flexibility index (Phi) is 4.71. The summed E-state index contributed by atoms with van der Waals surface area (Å²) in [6.07, 6.45) is 1.89. The number of amides is 1. The summed E-state index contributed by atoms with van der Waals surface area (Å²) in [6.45, 7) is 0.531. The van der Waals surface area contributed by atoms with Crippen LogP contribution in [0, 0.1) is 5.82 Å². The number of fused-ring (bicyclic) bond motifs is 1. The predicted molar refractivity (Wildman–Crippen MR) is 90.0 cm³/mol. The van der Waals surface area contributed by atoms with Gasteiger partial charge in [0.05, 0.1) is 11.0 Å². The summed E-state index contributed by atoms with van der Waals surface area (Å²) < 4.78 is 15.2.